The number of nitrogens with zero attached hydrogens (tertiary/aromatic N) is 1. The van der Waals surface area contributed by atoms with Crippen LogP contribution in [0.3, 0.4) is 0 Å². The van der Waals surface area contributed by atoms with E-state index in [1.165, 1.54) is 24.0 Å². The minimum atomic E-state index is -0.0355. The molecule has 2 aliphatic heterocycles. The average molecular weight is 273 g/mol. The van der Waals surface area contributed by atoms with Gasteiger partial charge < -0.3 is 10.6 Å². The second-order valence-electron chi connectivity index (χ2n) is 5.82. The fourth-order valence-electron chi connectivity index (χ4n) is 3.10. The Bertz CT molecular complexity index is 494. The second kappa shape index (κ2) is 5.94. The summed E-state index contributed by atoms with van der Waals surface area (Å²) in [4.78, 5) is 14.6. The van der Waals surface area contributed by atoms with Gasteiger partial charge in [-0.05, 0) is 69.1 Å². The minimum absolute atomic E-state index is 0.0355. The van der Waals surface area contributed by atoms with Crippen LogP contribution < -0.4 is 10.6 Å². The lowest BCUT2D eigenvalue weighted by Gasteiger charge is -2.23. The van der Waals surface area contributed by atoms with Crippen molar-refractivity contribution in [3.05, 3.63) is 29.3 Å². The number of hydrogen-bond acceptors (Lipinski definition) is 3. The number of amides is 1. The number of likely N-dealkylation sites (tertiary alicyclic amines) is 1. The molecule has 0 aromatic heterocycles. The summed E-state index contributed by atoms with van der Waals surface area (Å²) in [5.74, 6) is 0.107. The molecule has 2 N–H and O–H groups in total. The van der Waals surface area contributed by atoms with Gasteiger partial charge in [-0.3, -0.25) is 9.69 Å². The summed E-state index contributed by atoms with van der Waals surface area (Å²) < 4.78 is 0. The van der Waals surface area contributed by atoms with Crippen LogP contribution in [0.1, 0.15) is 30.9 Å². The third-order valence-electron chi connectivity index (χ3n) is 4.43. The van der Waals surface area contributed by atoms with E-state index >= 15 is 0 Å². The highest BCUT2D eigenvalue weighted by molar-refractivity contribution is 5.94. The van der Waals surface area contributed by atoms with E-state index in [0.29, 0.717) is 0 Å². The molecule has 4 nitrogen and oxygen atoms in total. The van der Waals surface area contributed by atoms with Crippen LogP contribution in [0.5, 0.6) is 0 Å². The molecular weight excluding hydrogens is 250 g/mol. The standard InChI is InChI=1S/C16H23N3O/c1-12(19-8-2-3-9-19)16(20)18-15-5-4-13-6-7-17-11-14(13)10-15/h4-5,10,12,17H,2-3,6-9,11H2,1H3,(H,18,20). The molecule has 1 aromatic carbocycles. The quantitative estimate of drug-likeness (QED) is 0.882. The van der Waals surface area contributed by atoms with E-state index in [9.17, 15) is 4.79 Å². The Morgan fingerprint density at radius 3 is 2.90 bits per heavy atom. The predicted octanol–water partition coefficient (Wildman–Crippen LogP) is 1.76. The van der Waals surface area contributed by atoms with Crippen molar-refractivity contribution in [3.8, 4) is 0 Å². The molecule has 4 heteroatoms. The lowest BCUT2D eigenvalue weighted by molar-refractivity contribution is -0.120. The van der Waals surface area contributed by atoms with Gasteiger partial charge in [0, 0.05) is 12.2 Å². The largest absolute Gasteiger partial charge is 0.325 e. The predicted molar refractivity (Wildman–Crippen MR) is 80.8 cm³/mol. The van der Waals surface area contributed by atoms with Crippen LogP contribution in [0.2, 0.25) is 0 Å². The van der Waals surface area contributed by atoms with Crippen LogP contribution in [0.15, 0.2) is 18.2 Å². The normalized spacial score (nSPS) is 20.4. The molecule has 108 valence electrons. The molecule has 2 aliphatic rings. The molecule has 0 spiro atoms. The summed E-state index contributed by atoms with van der Waals surface area (Å²) in [6, 6.07) is 6.24. The first-order valence-electron chi connectivity index (χ1n) is 7.61. The lowest BCUT2D eigenvalue weighted by Crippen LogP contribution is -2.40. The van der Waals surface area contributed by atoms with Crippen molar-refractivity contribution in [2.75, 3.05) is 25.0 Å². The van der Waals surface area contributed by atoms with E-state index in [-0.39, 0.29) is 11.9 Å². The Balaban J connectivity index is 1.66. The third-order valence-corrected chi connectivity index (χ3v) is 4.43. The van der Waals surface area contributed by atoms with E-state index in [4.69, 9.17) is 0 Å². The topological polar surface area (TPSA) is 44.4 Å². The minimum Gasteiger partial charge on any atom is -0.325 e. The molecule has 0 saturated carbocycles. The number of nitrogens with one attached hydrogen (secondary N) is 2. The van der Waals surface area contributed by atoms with Gasteiger partial charge in [0.2, 0.25) is 5.91 Å². The Labute approximate surface area is 120 Å². The van der Waals surface area contributed by atoms with Crippen LogP contribution in [0.25, 0.3) is 0 Å². The molecular formula is C16H23N3O. The van der Waals surface area contributed by atoms with Crippen molar-refractivity contribution in [2.45, 2.75) is 38.8 Å². The maximum atomic E-state index is 12.3. The van der Waals surface area contributed by atoms with E-state index in [1.54, 1.807) is 0 Å². The van der Waals surface area contributed by atoms with Gasteiger partial charge in [-0.15, -0.1) is 0 Å². The number of benzene rings is 1. The van der Waals surface area contributed by atoms with Crippen molar-refractivity contribution >= 4 is 11.6 Å². The molecule has 1 unspecified atom stereocenters. The van der Waals surface area contributed by atoms with Crippen LogP contribution in [-0.4, -0.2) is 36.5 Å². The average Bonchev–Trinajstić information content (AvgIpc) is 3.00. The van der Waals surface area contributed by atoms with Crippen LogP contribution >= 0.6 is 0 Å². The highest BCUT2D eigenvalue weighted by Crippen LogP contribution is 2.20. The van der Waals surface area contributed by atoms with Crippen LogP contribution in [0, 0.1) is 0 Å². The third kappa shape index (κ3) is 2.86. The summed E-state index contributed by atoms with van der Waals surface area (Å²) in [7, 11) is 0. The first kappa shape index (κ1) is 13.6. The fraction of sp³-hybridized carbons (Fsp3) is 0.562. The van der Waals surface area contributed by atoms with Gasteiger partial charge in [-0.2, -0.15) is 0 Å². The zero-order valence-electron chi connectivity index (χ0n) is 12.1. The van der Waals surface area contributed by atoms with E-state index in [1.807, 2.05) is 13.0 Å². The lowest BCUT2D eigenvalue weighted by atomic mass is 10.0. The van der Waals surface area contributed by atoms with Gasteiger partial charge in [0.05, 0.1) is 6.04 Å². The number of carbonyl (C=O) groups excluding carboxylic acids is 1. The smallest absolute Gasteiger partial charge is 0.241 e. The number of hydrogen-bond donors (Lipinski definition) is 2. The molecule has 2 heterocycles. The maximum absolute atomic E-state index is 12.3. The van der Waals surface area contributed by atoms with Crippen molar-refractivity contribution in [1.29, 1.82) is 0 Å². The van der Waals surface area contributed by atoms with Crippen molar-refractivity contribution in [3.63, 3.8) is 0 Å². The van der Waals surface area contributed by atoms with E-state index in [2.05, 4.69) is 27.7 Å². The van der Waals surface area contributed by atoms with Crippen molar-refractivity contribution < 1.29 is 4.79 Å². The number of anilines is 1. The zero-order chi connectivity index (χ0) is 13.9. The maximum Gasteiger partial charge on any atom is 0.241 e. The molecule has 0 aliphatic carbocycles. The number of rotatable bonds is 3. The molecule has 3 rings (SSSR count). The Hall–Kier alpha value is -1.39. The van der Waals surface area contributed by atoms with Crippen molar-refractivity contribution in [1.82, 2.24) is 10.2 Å². The number of carbonyl (C=O) groups is 1. The summed E-state index contributed by atoms with van der Waals surface area (Å²) >= 11 is 0. The Morgan fingerprint density at radius 1 is 1.30 bits per heavy atom. The fourth-order valence-corrected chi connectivity index (χ4v) is 3.10. The van der Waals surface area contributed by atoms with Gasteiger partial charge in [0.15, 0.2) is 0 Å². The molecule has 20 heavy (non-hydrogen) atoms. The van der Waals surface area contributed by atoms with Gasteiger partial charge in [-0.1, -0.05) is 6.07 Å². The van der Waals surface area contributed by atoms with E-state index in [0.717, 1.165) is 38.3 Å². The van der Waals surface area contributed by atoms with Crippen LogP contribution in [0.4, 0.5) is 5.69 Å². The van der Waals surface area contributed by atoms with Gasteiger partial charge in [0.1, 0.15) is 0 Å². The second-order valence-corrected chi connectivity index (χ2v) is 5.82. The molecule has 1 saturated heterocycles. The summed E-state index contributed by atoms with van der Waals surface area (Å²) in [6.45, 7) is 6.04. The van der Waals surface area contributed by atoms with Crippen molar-refractivity contribution in [2.24, 2.45) is 0 Å². The Morgan fingerprint density at radius 2 is 2.10 bits per heavy atom. The van der Waals surface area contributed by atoms with Gasteiger partial charge in [-0.25, -0.2) is 0 Å². The summed E-state index contributed by atoms with van der Waals surface area (Å²) in [5, 5.41) is 6.43. The molecule has 1 amide bonds. The van der Waals surface area contributed by atoms with E-state index < -0.39 is 0 Å². The van der Waals surface area contributed by atoms with Gasteiger partial charge >= 0.3 is 0 Å². The first-order valence-corrected chi connectivity index (χ1v) is 7.61. The molecule has 0 radical (unpaired) electrons. The summed E-state index contributed by atoms with van der Waals surface area (Å²) in [5.41, 5.74) is 3.63. The highest BCUT2D eigenvalue weighted by Gasteiger charge is 2.24. The SMILES string of the molecule is CC(C(=O)Nc1ccc2c(c1)CNCC2)N1CCCC1. The zero-order valence-corrected chi connectivity index (χ0v) is 12.1. The molecule has 1 fully saturated rings. The molecule has 1 atom stereocenters. The molecule has 0 bridgehead atoms. The first-order chi connectivity index (χ1) is 9.74. The van der Waals surface area contributed by atoms with Crippen LogP contribution in [-0.2, 0) is 17.8 Å². The molecule has 1 aromatic rings. The number of fused-ring (bicyclic) bond motifs is 1. The summed E-state index contributed by atoms with van der Waals surface area (Å²) in [6.07, 6.45) is 3.50. The highest BCUT2D eigenvalue weighted by atomic mass is 16.2. The monoisotopic (exact) mass is 273 g/mol. The van der Waals surface area contributed by atoms with Gasteiger partial charge in [0.25, 0.3) is 0 Å². The Kier molecular flexibility index (Phi) is 4.03.